The molecule has 2 heterocycles. The summed E-state index contributed by atoms with van der Waals surface area (Å²) >= 11 is 6.01. The van der Waals surface area contributed by atoms with Crippen LogP contribution in [-0.2, 0) is 17.9 Å². The molecule has 4 aromatic rings. The number of rotatable bonds is 8. The van der Waals surface area contributed by atoms with Gasteiger partial charge in [0.15, 0.2) is 0 Å². The first-order chi connectivity index (χ1) is 13.8. The summed E-state index contributed by atoms with van der Waals surface area (Å²) in [6.07, 6.45) is 11.0. The van der Waals surface area contributed by atoms with Crippen LogP contribution in [0.4, 0.5) is 0 Å². The molecule has 0 aliphatic heterocycles. The average molecular weight is 393 g/mol. The van der Waals surface area contributed by atoms with E-state index in [4.69, 9.17) is 16.3 Å². The van der Waals surface area contributed by atoms with Crippen molar-refractivity contribution >= 4 is 11.6 Å². The second-order valence-electron chi connectivity index (χ2n) is 6.61. The highest BCUT2D eigenvalue weighted by Crippen LogP contribution is 2.32. The Hall–Kier alpha value is -2.89. The highest BCUT2D eigenvalue weighted by atomic mass is 35.5. The van der Waals surface area contributed by atoms with E-state index in [0.29, 0.717) is 6.61 Å². The van der Waals surface area contributed by atoms with Gasteiger partial charge in [-0.05, 0) is 23.3 Å². The van der Waals surface area contributed by atoms with Crippen LogP contribution in [0.2, 0.25) is 5.02 Å². The highest BCUT2D eigenvalue weighted by Gasteiger charge is 2.26. The van der Waals surface area contributed by atoms with E-state index in [-0.39, 0.29) is 12.1 Å². The van der Waals surface area contributed by atoms with E-state index in [1.807, 2.05) is 67.5 Å². The van der Waals surface area contributed by atoms with Crippen molar-refractivity contribution in [2.45, 2.75) is 25.3 Å². The van der Waals surface area contributed by atoms with Gasteiger partial charge in [0.05, 0.1) is 25.3 Å². The van der Waals surface area contributed by atoms with E-state index in [1.165, 1.54) is 0 Å². The highest BCUT2D eigenvalue weighted by molar-refractivity contribution is 6.30. The molecule has 2 aromatic carbocycles. The van der Waals surface area contributed by atoms with E-state index in [0.717, 1.165) is 22.7 Å². The zero-order valence-electron chi connectivity index (χ0n) is 15.3. The number of ether oxygens (including phenoxy) is 1. The van der Waals surface area contributed by atoms with E-state index in [1.54, 1.807) is 12.4 Å². The summed E-state index contributed by atoms with van der Waals surface area (Å²) in [7, 11) is 0. The maximum Gasteiger partial charge on any atom is 0.105 e. The Labute approximate surface area is 169 Å². The molecule has 142 valence electrons. The van der Waals surface area contributed by atoms with Crippen LogP contribution in [0, 0.1) is 0 Å². The normalized spacial score (nSPS) is 13.3. The predicted molar refractivity (Wildman–Crippen MR) is 109 cm³/mol. The molecule has 0 saturated carbocycles. The third kappa shape index (κ3) is 4.50. The van der Waals surface area contributed by atoms with Crippen molar-refractivity contribution in [3.8, 4) is 0 Å². The predicted octanol–water partition coefficient (Wildman–Crippen LogP) is 4.93. The number of imidazole rings is 2. The molecule has 2 atom stereocenters. The molecule has 0 spiro atoms. The van der Waals surface area contributed by atoms with Gasteiger partial charge in [0.1, 0.15) is 6.10 Å². The summed E-state index contributed by atoms with van der Waals surface area (Å²) in [6.45, 7) is 1.21. The molecule has 4 rings (SSSR count). The van der Waals surface area contributed by atoms with Crippen molar-refractivity contribution in [2.75, 3.05) is 0 Å². The average Bonchev–Trinajstić information content (AvgIpc) is 3.43. The van der Waals surface area contributed by atoms with Crippen molar-refractivity contribution < 1.29 is 4.74 Å². The van der Waals surface area contributed by atoms with E-state index in [9.17, 15) is 0 Å². The van der Waals surface area contributed by atoms with Crippen molar-refractivity contribution in [3.05, 3.63) is 108 Å². The molecule has 0 bridgehead atoms. The van der Waals surface area contributed by atoms with Gasteiger partial charge in [0.2, 0.25) is 0 Å². The topological polar surface area (TPSA) is 44.9 Å². The van der Waals surface area contributed by atoms with Crippen LogP contribution in [-0.4, -0.2) is 19.1 Å². The summed E-state index contributed by atoms with van der Waals surface area (Å²) in [4.78, 5) is 8.42. The largest absolute Gasteiger partial charge is 0.367 e. The lowest BCUT2D eigenvalue weighted by atomic mass is 10.0. The van der Waals surface area contributed by atoms with Gasteiger partial charge in [-0.15, -0.1) is 0 Å². The maximum absolute atomic E-state index is 6.46. The fraction of sp³-hybridized carbons (Fsp3) is 0.182. The molecule has 0 radical (unpaired) electrons. The minimum atomic E-state index is -0.159. The van der Waals surface area contributed by atoms with Crippen LogP contribution >= 0.6 is 11.6 Å². The first-order valence-electron chi connectivity index (χ1n) is 9.14. The Morgan fingerprint density at radius 1 is 0.893 bits per heavy atom. The second-order valence-corrected chi connectivity index (χ2v) is 7.04. The van der Waals surface area contributed by atoms with E-state index in [2.05, 4.69) is 31.2 Å². The molecule has 0 amide bonds. The fourth-order valence-corrected chi connectivity index (χ4v) is 3.39. The number of hydrogen-bond donors (Lipinski definition) is 0. The third-order valence-corrected chi connectivity index (χ3v) is 4.94. The summed E-state index contributed by atoms with van der Waals surface area (Å²) in [5.41, 5.74) is 2.20. The SMILES string of the molecule is Clc1ccc(COC(c2ccccc2)C(Cn2ccnc2)n2ccnc2)cc1. The lowest BCUT2D eigenvalue weighted by molar-refractivity contribution is -0.00197. The minimum Gasteiger partial charge on any atom is -0.367 e. The van der Waals surface area contributed by atoms with Gasteiger partial charge in [-0.25, -0.2) is 9.97 Å². The van der Waals surface area contributed by atoms with Crippen LogP contribution in [0.3, 0.4) is 0 Å². The van der Waals surface area contributed by atoms with Crippen molar-refractivity contribution in [1.82, 2.24) is 19.1 Å². The van der Waals surface area contributed by atoms with Crippen molar-refractivity contribution in [3.63, 3.8) is 0 Å². The van der Waals surface area contributed by atoms with Crippen LogP contribution in [0.25, 0.3) is 0 Å². The molecular formula is C22H21ClN4O. The Morgan fingerprint density at radius 3 is 2.32 bits per heavy atom. The Bertz CT molecular complexity index is 954. The van der Waals surface area contributed by atoms with Gasteiger partial charge in [-0.2, -0.15) is 0 Å². The first-order valence-corrected chi connectivity index (χ1v) is 9.51. The molecule has 2 aromatic heterocycles. The van der Waals surface area contributed by atoms with E-state index < -0.39 is 0 Å². The number of halogens is 1. The van der Waals surface area contributed by atoms with Gasteiger partial charge in [-0.1, -0.05) is 54.1 Å². The Morgan fingerprint density at radius 2 is 1.64 bits per heavy atom. The molecule has 0 aliphatic rings. The number of hydrogen-bond acceptors (Lipinski definition) is 3. The number of aromatic nitrogens is 4. The molecule has 28 heavy (non-hydrogen) atoms. The lowest BCUT2D eigenvalue weighted by Gasteiger charge is -2.29. The monoisotopic (exact) mass is 392 g/mol. The quantitative estimate of drug-likeness (QED) is 0.427. The molecule has 0 fully saturated rings. The van der Waals surface area contributed by atoms with Crippen molar-refractivity contribution in [1.29, 1.82) is 0 Å². The zero-order valence-corrected chi connectivity index (χ0v) is 16.1. The van der Waals surface area contributed by atoms with Gasteiger partial charge in [0, 0.05) is 36.4 Å². The summed E-state index contributed by atoms with van der Waals surface area (Å²) in [5.74, 6) is 0. The zero-order chi connectivity index (χ0) is 19.2. The lowest BCUT2D eigenvalue weighted by Crippen LogP contribution is -2.24. The number of nitrogens with zero attached hydrogens (tertiary/aromatic N) is 4. The van der Waals surface area contributed by atoms with Crippen LogP contribution in [0.1, 0.15) is 23.3 Å². The van der Waals surface area contributed by atoms with Crippen LogP contribution in [0.15, 0.2) is 92.0 Å². The maximum atomic E-state index is 6.46. The Kier molecular flexibility index (Phi) is 5.85. The van der Waals surface area contributed by atoms with Crippen molar-refractivity contribution in [2.24, 2.45) is 0 Å². The molecule has 0 saturated heterocycles. The van der Waals surface area contributed by atoms with Crippen LogP contribution in [0.5, 0.6) is 0 Å². The third-order valence-electron chi connectivity index (χ3n) is 4.69. The minimum absolute atomic E-state index is 0.0198. The summed E-state index contributed by atoms with van der Waals surface area (Å²) < 4.78 is 10.6. The van der Waals surface area contributed by atoms with Gasteiger partial charge < -0.3 is 13.9 Å². The van der Waals surface area contributed by atoms with Gasteiger partial charge in [0.25, 0.3) is 0 Å². The molecule has 6 heteroatoms. The Balaban J connectivity index is 1.64. The number of benzene rings is 2. The summed E-state index contributed by atoms with van der Waals surface area (Å²) in [5, 5.41) is 0.722. The standard InChI is InChI=1S/C22H21ClN4O/c23-20-8-6-18(7-9-20)15-28-22(19-4-2-1-3-5-19)21(27-13-11-25-17-27)14-26-12-10-24-16-26/h1-13,16-17,21-22H,14-15H2. The summed E-state index contributed by atoms with van der Waals surface area (Å²) in [6, 6.07) is 18.1. The molecular weight excluding hydrogens is 372 g/mol. The van der Waals surface area contributed by atoms with Gasteiger partial charge in [-0.3, -0.25) is 0 Å². The van der Waals surface area contributed by atoms with Gasteiger partial charge >= 0.3 is 0 Å². The van der Waals surface area contributed by atoms with E-state index >= 15 is 0 Å². The first kappa shape index (κ1) is 18.5. The smallest absolute Gasteiger partial charge is 0.105 e. The molecule has 0 aliphatic carbocycles. The second kappa shape index (κ2) is 8.87. The molecule has 0 N–H and O–H groups in total. The molecule has 2 unspecified atom stereocenters. The fourth-order valence-electron chi connectivity index (χ4n) is 3.26. The van der Waals surface area contributed by atoms with Crippen LogP contribution < -0.4 is 0 Å². The molecule has 5 nitrogen and oxygen atoms in total.